The quantitative estimate of drug-likeness (QED) is 0.859. The van der Waals surface area contributed by atoms with E-state index in [9.17, 15) is 4.79 Å². The molecule has 108 valence electrons. The van der Waals surface area contributed by atoms with Crippen LogP contribution in [-0.4, -0.2) is 40.9 Å². The summed E-state index contributed by atoms with van der Waals surface area (Å²) in [5, 5.41) is 24.5. The van der Waals surface area contributed by atoms with Crippen LogP contribution in [0.2, 0.25) is 0 Å². The van der Waals surface area contributed by atoms with E-state index in [1.807, 2.05) is 20.8 Å². The Morgan fingerprint density at radius 1 is 1.35 bits per heavy atom. The zero-order chi connectivity index (χ0) is 14.7. The standard InChI is InChI=1S/C11H16N6O2S/c1-6(2)9-10(20-16-12-9)11-13-14-15-17(11)5-7(3)4-8(18)19/h6-7H,4-5H2,1-3H3,(H,18,19). The fraction of sp³-hybridized carbons (Fsp3) is 0.636. The average molecular weight is 296 g/mol. The third kappa shape index (κ3) is 3.16. The zero-order valence-corrected chi connectivity index (χ0v) is 12.3. The molecule has 2 aromatic rings. The summed E-state index contributed by atoms with van der Waals surface area (Å²) in [6.07, 6.45) is 0.0806. The molecule has 0 aliphatic rings. The lowest BCUT2D eigenvalue weighted by Gasteiger charge is -2.10. The van der Waals surface area contributed by atoms with E-state index in [-0.39, 0.29) is 18.3 Å². The molecule has 0 bridgehead atoms. The molecule has 0 saturated heterocycles. The Hall–Kier alpha value is -1.90. The molecule has 20 heavy (non-hydrogen) atoms. The third-order valence-corrected chi connectivity index (χ3v) is 3.54. The van der Waals surface area contributed by atoms with E-state index < -0.39 is 5.97 Å². The highest BCUT2D eigenvalue weighted by Gasteiger charge is 2.20. The maximum atomic E-state index is 10.7. The summed E-state index contributed by atoms with van der Waals surface area (Å²) < 4.78 is 5.58. The number of nitrogens with zero attached hydrogens (tertiary/aromatic N) is 6. The van der Waals surface area contributed by atoms with E-state index in [2.05, 4.69) is 25.1 Å². The molecule has 9 heteroatoms. The number of aromatic nitrogens is 6. The number of hydrogen-bond acceptors (Lipinski definition) is 7. The second-order valence-corrected chi connectivity index (χ2v) is 5.78. The second kappa shape index (κ2) is 6.04. The number of hydrogen-bond donors (Lipinski definition) is 1. The van der Waals surface area contributed by atoms with E-state index >= 15 is 0 Å². The minimum absolute atomic E-state index is 0.0573. The second-order valence-electron chi connectivity index (χ2n) is 5.03. The van der Waals surface area contributed by atoms with Gasteiger partial charge in [-0.25, -0.2) is 4.68 Å². The SMILES string of the molecule is CC(CC(=O)O)Cn1nnnc1-c1snnc1C(C)C. The van der Waals surface area contributed by atoms with Gasteiger partial charge in [-0.3, -0.25) is 4.79 Å². The molecule has 0 aliphatic heterocycles. The van der Waals surface area contributed by atoms with Crippen molar-refractivity contribution in [3.05, 3.63) is 5.69 Å². The van der Waals surface area contributed by atoms with Gasteiger partial charge in [0.15, 0.2) is 5.82 Å². The molecule has 0 aromatic carbocycles. The highest BCUT2D eigenvalue weighted by atomic mass is 32.1. The zero-order valence-electron chi connectivity index (χ0n) is 11.5. The summed E-state index contributed by atoms with van der Waals surface area (Å²) in [6, 6.07) is 0. The molecule has 1 unspecified atom stereocenters. The summed E-state index contributed by atoms with van der Waals surface area (Å²) in [5.74, 6) is -0.0566. The molecule has 2 rings (SSSR count). The van der Waals surface area contributed by atoms with Crippen molar-refractivity contribution in [2.45, 2.75) is 39.7 Å². The number of tetrazole rings is 1. The molecular weight excluding hydrogens is 280 g/mol. The largest absolute Gasteiger partial charge is 0.481 e. The number of aliphatic carboxylic acids is 1. The van der Waals surface area contributed by atoms with Crippen LogP contribution in [0, 0.1) is 5.92 Å². The molecule has 1 N–H and O–H groups in total. The monoisotopic (exact) mass is 296 g/mol. The molecule has 2 heterocycles. The van der Waals surface area contributed by atoms with Gasteiger partial charge in [0.1, 0.15) is 4.88 Å². The van der Waals surface area contributed by atoms with Crippen LogP contribution < -0.4 is 0 Å². The molecular formula is C11H16N6O2S. The first-order valence-corrected chi connectivity index (χ1v) is 7.07. The Morgan fingerprint density at radius 3 is 2.75 bits per heavy atom. The molecule has 0 saturated carbocycles. The molecule has 0 amide bonds. The summed E-state index contributed by atoms with van der Waals surface area (Å²) in [5.41, 5.74) is 0.858. The first-order valence-electron chi connectivity index (χ1n) is 6.29. The van der Waals surface area contributed by atoms with Gasteiger partial charge in [0.25, 0.3) is 0 Å². The van der Waals surface area contributed by atoms with Gasteiger partial charge in [-0.1, -0.05) is 25.3 Å². The van der Waals surface area contributed by atoms with Crippen molar-refractivity contribution in [2.24, 2.45) is 5.92 Å². The van der Waals surface area contributed by atoms with Crippen LogP contribution in [0.5, 0.6) is 0 Å². The van der Waals surface area contributed by atoms with Crippen LogP contribution >= 0.6 is 11.5 Å². The van der Waals surface area contributed by atoms with Gasteiger partial charge in [0.05, 0.1) is 5.69 Å². The highest BCUT2D eigenvalue weighted by molar-refractivity contribution is 7.09. The Bertz CT molecular complexity index is 593. The molecule has 0 aliphatic carbocycles. The molecule has 0 spiro atoms. The van der Waals surface area contributed by atoms with E-state index in [1.165, 1.54) is 11.5 Å². The Morgan fingerprint density at radius 2 is 2.10 bits per heavy atom. The topological polar surface area (TPSA) is 107 Å². The first-order chi connectivity index (χ1) is 9.49. The molecule has 1 atom stereocenters. The molecule has 0 fully saturated rings. The Kier molecular flexibility index (Phi) is 4.38. The van der Waals surface area contributed by atoms with Crippen LogP contribution in [-0.2, 0) is 11.3 Å². The smallest absolute Gasteiger partial charge is 0.303 e. The minimum Gasteiger partial charge on any atom is -0.481 e. The number of carbonyl (C=O) groups is 1. The predicted octanol–water partition coefficient (Wildman–Crippen LogP) is 1.43. The van der Waals surface area contributed by atoms with Gasteiger partial charge >= 0.3 is 5.97 Å². The van der Waals surface area contributed by atoms with Crippen molar-refractivity contribution in [1.29, 1.82) is 0 Å². The average Bonchev–Trinajstić information content (AvgIpc) is 2.94. The summed E-state index contributed by atoms with van der Waals surface area (Å²) in [7, 11) is 0. The van der Waals surface area contributed by atoms with Crippen molar-refractivity contribution < 1.29 is 9.90 Å². The van der Waals surface area contributed by atoms with Crippen molar-refractivity contribution in [3.63, 3.8) is 0 Å². The van der Waals surface area contributed by atoms with Crippen LogP contribution in [0.3, 0.4) is 0 Å². The minimum atomic E-state index is -0.825. The lowest BCUT2D eigenvalue weighted by Crippen LogP contribution is -2.14. The van der Waals surface area contributed by atoms with Crippen LogP contribution in [0.1, 0.15) is 38.8 Å². The van der Waals surface area contributed by atoms with Gasteiger partial charge in [0, 0.05) is 13.0 Å². The lowest BCUT2D eigenvalue weighted by atomic mass is 10.1. The summed E-state index contributed by atoms with van der Waals surface area (Å²) in [4.78, 5) is 11.6. The summed E-state index contributed by atoms with van der Waals surface area (Å²) in [6.45, 7) is 6.36. The molecule has 8 nitrogen and oxygen atoms in total. The van der Waals surface area contributed by atoms with Crippen molar-refractivity contribution in [3.8, 4) is 10.7 Å². The molecule has 0 radical (unpaired) electrons. The number of carboxylic acids is 1. The van der Waals surface area contributed by atoms with E-state index in [0.29, 0.717) is 12.4 Å². The normalized spacial score (nSPS) is 12.8. The van der Waals surface area contributed by atoms with Gasteiger partial charge in [-0.2, -0.15) is 0 Å². The molecule has 2 aromatic heterocycles. The van der Waals surface area contributed by atoms with Crippen molar-refractivity contribution in [2.75, 3.05) is 0 Å². The van der Waals surface area contributed by atoms with Gasteiger partial charge in [-0.15, -0.1) is 10.2 Å². The Balaban J connectivity index is 2.24. The van der Waals surface area contributed by atoms with Gasteiger partial charge in [-0.05, 0) is 33.8 Å². The number of carboxylic acid groups (broad SMARTS) is 1. The maximum absolute atomic E-state index is 10.7. The maximum Gasteiger partial charge on any atom is 0.303 e. The fourth-order valence-electron chi connectivity index (χ4n) is 1.88. The van der Waals surface area contributed by atoms with E-state index in [0.717, 1.165) is 10.6 Å². The lowest BCUT2D eigenvalue weighted by molar-refractivity contribution is -0.138. The first kappa shape index (κ1) is 14.5. The Labute approximate surface area is 120 Å². The van der Waals surface area contributed by atoms with Crippen LogP contribution in [0.15, 0.2) is 0 Å². The third-order valence-electron chi connectivity index (χ3n) is 2.80. The van der Waals surface area contributed by atoms with Crippen LogP contribution in [0.4, 0.5) is 0 Å². The van der Waals surface area contributed by atoms with Crippen molar-refractivity contribution in [1.82, 2.24) is 29.8 Å². The van der Waals surface area contributed by atoms with E-state index in [4.69, 9.17) is 5.11 Å². The predicted molar refractivity (Wildman–Crippen MR) is 72.2 cm³/mol. The van der Waals surface area contributed by atoms with E-state index in [1.54, 1.807) is 4.68 Å². The fourth-order valence-corrected chi connectivity index (χ4v) is 2.69. The summed E-state index contributed by atoms with van der Waals surface area (Å²) >= 11 is 1.25. The van der Waals surface area contributed by atoms with Crippen molar-refractivity contribution >= 4 is 17.5 Å². The number of rotatable bonds is 6. The van der Waals surface area contributed by atoms with Gasteiger partial charge < -0.3 is 5.11 Å². The highest BCUT2D eigenvalue weighted by Crippen LogP contribution is 2.29. The van der Waals surface area contributed by atoms with Gasteiger partial charge in [0.2, 0.25) is 0 Å². The van der Waals surface area contributed by atoms with Crippen LogP contribution in [0.25, 0.3) is 10.7 Å².